The van der Waals surface area contributed by atoms with Crippen molar-refractivity contribution in [2.45, 2.75) is 38.3 Å². The Bertz CT molecular complexity index is 705. The third kappa shape index (κ3) is 1.51. The van der Waals surface area contributed by atoms with E-state index in [1.165, 1.54) is 4.57 Å². The van der Waals surface area contributed by atoms with Crippen molar-refractivity contribution in [1.82, 2.24) is 19.5 Å². The van der Waals surface area contributed by atoms with Crippen LogP contribution >= 0.6 is 0 Å². The molecule has 1 aliphatic carbocycles. The number of rotatable bonds is 2. The number of aromatic nitrogens is 4. The molecule has 96 valence electrons. The van der Waals surface area contributed by atoms with Crippen LogP contribution in [0.1, 0.15) is 31.5 Å². The van der Waals surface area contributed by atoms with Crippen molar-refractivity contribution < 1.29 is 5.11 Å². The third-order valence-corrected chi connectivity index (χ3v) is 3.47. The Labute approximate surface area is 101 Å². The fraction of sp³-hybridized carbons (Fsp3) is 0.545. The first-order valence-electron chi connectivity index (χ1n) is 6.01. The van der Waals surface area contributed by atoms with Crippen LogP contribution in [0.2, 0.25) is 0 Å². The number of hydrogen-bond acceptors (Lipinski definition) is 4. The highest BCUT2D eigenvalue weighted by Crippen LogP contribution is 2.35. The summed E-state index contributed by atoms with van der Waals surface area (Å²) in [5.41, 5.74) is -0.171. The van der Waals surface area contributed by atoms with Gasteiger partial charge in [-0.05, 0) is 19.8 Å². The van der Waals surface area contributed by atoms with Crippen LogP contribution in [-0.4, -0.2) is 30.7 Å². The van der Waals surface area contributed by atoms with Crippen LogP contribution in [0.25, 0.3) is 11.2 Å². The van der Waals surface area contributed by atoms with E-state index in [1.807, 2.05) is 6.92 Å². The van der Waals surface area contributed by atoms with Crippen molar-refractivity contribution in [3.63, 3.8) is 0 Å². The predicted molar refractivity (Wildman–Crippen MR) is 64.6 cm³/mol. The molecule has 0 amide bonds. The van der Waals surface area contributed by atoms with E-state index >= 15 is 0 Å². The lowest BCUT2D eigenvalue weighted by Crippen LogP contribution is -2.29. The van der Waals surface area contributed by atoms with E-state index in [4.69, 9.17) is 0 Å². The zero-order valence-electron chi connectivity index (χ0n) is 9.93. The van der Waals surface area contributed by atoms with E-state index in [9.17, 15) is 14.7 Å². The minimum Gasteiger partial charge on any atom is -0.393 e. The summed E-state index contributed by atoms with van der Waals surface area (Å²) in [6, 6.07) is 0. The molecule has 0 atom stereocenters. The molecule has 2 aromatic rings. The van der Waals surface area contributed by atoms with Gasteiger partial charge in [-0.15, -0.1) is 0 Å². The zero-order valence-corrected chi connectivity index (χ0v) is 9.93. The first-order valence-corrected chi connectivity index (χ1v) is 6.01. The number of nitrogens with one attached hydrogen (secondary N) is 2. The summed E-state index contributed by atoms with van der Waals surface area (Å²) >= 11 is 0. The highest BCUT2D eigenvalue weighted by molar-refractivity contribution is 5.69. The molecule has 0 unspecified atom stereocenters. The van der Waals surface area contributed by atoms with Crippen molar-refractivity contribution in [3.05, 3.63) is 26.7 Å². The molecule has 18 heavy (non-hydrogen) atoms. The monoisotopic (exact) mass is 250 g/mol. The second kappa shape index (κ2) is 3.81. The van der Waals surface area contributed by atoms with Gasteiger partial charge in [0.1, 0.15) is 11.3 Å². The van der Waals surface area contributed by atoms with E-state index < -0.39 is 11.2 Å². The summed E-state index contributed by atoms with van der Waals surface area (Å²) in [6.45, 7) is 2.27. The molecule has 0 saturated heterocycles. The molecule has 0 spiro atoms. The van der Waals surface area contributed by atoms with Gasteiger partial charge in [-0.25, -0.2) is 9.78 Å². The molecule has 3 rings (SSSR count). The summed E-state index contributed by atoms with van der Waals surface area (Å²) in [5, 5.41) is 9.29. The normalized spacial score (nSPS) is 23.2. The smallest absolute Gasteiger partial charge is 0.330 e. The third-order valence-electron chi connectivity index (χ3n) is 3.47. The lowest BCUT2D eigenvalue weighted by molar-refractivity contribution is 0.0720. The summed E-state index contributed by atoms with van der Waals surface area (Å²) in [7, 11) is 0. The molecule has 0 bridgehead atoms. The number of fused-ring (bicyclic) bond motifs is 1. The number of aliphatic hydroxyl groups excluding tert-OH is 1. The number of aromatic amines is 2. The molecule has 1 aliphatic rings. The lowest BCUT2D eigenvalue weighted by Gasteiger charge is -2.29. The van der Waals surface area contributed by atoms with Gasteiger partial charge in [0.2, 0.25) is 0 Å². The quantitative estimate of drug-likeness (QED) is 0.679. The van der Waals surface area contributed by atoms with E-state index in [1.54, 1.807) is 0 Å². The predicted octanol–water partition coefficient (Wildman–Crippen LogP) is -0.329. The standard InChI is InChI=1S/C11H14N4O3/c1-2-15-9-7(10(17)14-11(15)18)12-8(13-9)5-3-6(16)4-5/h5-6,16H,2-4H2,1H3,(H,12,13)(H,14,17,18). The average molecular weight is 250 g/mol. The van der Waals surface area contributed by atoms with Crippen molar-refractivity contribution in [2.24, 2.45) is 0 Å². The van der Waals surface area contributed by atoms with Gasteiger partial charge in [0.15, 0.2) is 5.65 Å². The first kappa shape index (κ1) is 11.2. The molecule has 3 N–H and O–H groups in total. The number of hydrogen-bond donors (Lipinski definition) is 3. The van der Waals surface area contributed by atoms with Gasteiger partial charge < -0.3 is 10.1 Å². The fourth-order valence-electron chi connectivity index (χ4n) is 2.36. The molecular formula is C11H14N4O3. The molecule has 0 aromatic carbocycles. The van der Waals surface area contributed by atoms with Crippen molar-refractivity contribution >= 4 is 11.2 Å². The van der Waals surface area contributed by atoms with E-state index in [0.717, 1.165) is 0 Å². The van der Waals surface area contributed by atoms with E-state index in [0.29, 0.717) is 36.4 Å². The van der Waals surface area contributed by atoms with Crippen LogP contribution in [0.5, 0.6) is 0 Å². The molecule has 2 aromatic heterocycles. The van der Waals surface area contributed by atoms with Crippen LogP contribution in [-0.2, 0) is 6.54 Å². The highest BCUT2D eigenvalue weighted by atomic mass is 16.3. The average Bonchev–Trinajstić information content (AvgIpc) is 2.70. The second-order valence-electron chi connectivity index (χ2n) is 4.65. The van der Waals surface area contributed by atoms with Crippen LogP contribution < -0.4 is 11.2 Å². The Kier molecular flexibility index (Phi) is 2.37. The Hall–Kier alpha value is -1.89. The molecular weight excluding hydrogens is 236 g/mol. The number of imidazole rings is 1. The Morgan fingerprint density at radius 2 is 2.11 bits per heavy atom. The Morgan fingerprint density at radius 1 is 1.39 bits per heavy atom. The number of aliphatic hydroxyl groups is 1. The zero-order chi connectivity index (χ0) is 12.9. The maximum absolute atomic E-state index is 11.7. The van der Waals surface area contributed by atoms with Crippen molar-refractivity contribution in [2.75, 3.05) is 0 Å². The van der Waals surface area contributed by atoms with Gasteiger partial charge in [-0.1, -0.05) is 0 Å². The fourth-order valence-corrected chi connectivity index (χ4v) is 2.36. The molecule has 0 radical (unpaired) electrons. The van der Waals surface area contributed by atoms with Crippen LogP contribution in [0.4, 0.5) is 0 Å². The lowest BCUT2D eigenvalue weighted by atomic mass is 9.82. The minimum absolute atomic E-state index is 0.146. The van der Waals surface area contributed by atoms with Gasteiger partial charge in [-0.2, -0.15) is 0 Å². The molecule has 1 fully saturated rings. The Morgan fingerprint density at radius 3 is 2.72 bits per heavy atom. The molecule has 2 heterocycles. The van der Waals surface area contributed by atoms with Crippen molar-refractivity contribution in [3.8, 4) is 0 Å². The van der Waals surface area contributed by atoms with Gasteiger partial charge in [0.05, 0.1) is 6.10 Å². The SMILES string of the molecule is CCn1c(=O)[nH]c(=O)c2[nH]c(C3CC(O)C3)nc21. The summed E-state index contributed by atoms with van der Waals surface area (Å²) in [6.07, 6.45) is 1.01. The molecule has 7 heteroatoms. The number of nitrogens with zero attached hydrogens (tertiary/aromatic N) is 2. The van der Waals surface area contributed by atoms with Gasteiger partial charge >= 0.3 is 5.69 Å². The topological polar surface area (TPSA) is 104 Å². The van der Waals surface area contributed by atoms with Crippen LogP contribution in [0.3, 0.4) is 0 Å². The van der Waals surface area contributed by atoms with Crippen LogP contribution in [0.15, 0.2) is 9.59 Å². The number of aryl methyl sites for hydroxylation is 1. The minimum atomic E-state index is -0.446. The van der Waals surface area contributed by atoms with E-state index in [2.05, 4.69) is 15.0 Å². The molecule has 0 aliphatic heterocycles. The largest absolute Gasteiger partial charge is 0.393 e. The number of H-pyrrole nitrogens is 2. The van der Waals surface area contributed by atoms with Crippen molar-refractivity contribution in [1.29, 1.82) is 0 Å². The first-order chi connectivity index (χ1) is 8.60. The summed E-state index contributed by atoms with van der Waals surface area (Å²) in [5.74, 6) is 0.820. The molecule has 1 saturated carbocycles. The second-order valence-corrected chi connectivity index (χ2v) is 4.65. The summed E-state index contributed by atoms with van der Waals surface area (Å²) < 4.78 is 1.42. The Balaban J connectivity index is 2.19. The maximum atomic E-state index is 11.7. The maximum Gasteiger partial charge on any atom is 0.330 e. The van der Waals surface area contributed by atoms with Gasteiger partial charge in [0.25, 0.3) is 5.56 Å². The molecule has 7 nitrogen and oxygen atoms in total. The van der Waals surface area contributed by atoms with E-state index in [-0.39, 0.29) is 12.0 Å². The highest BCUT2D eigenvalue weighted by Gasteiger charge is 2.31. The van der Waals surface area contributed by atoms with Gasteiger partial charge in [0, 0.05) is 12.5 Å². The summed E-state index contributed by atoms with van der Waals surface area (Å²) in [4.78, 5) is 32.9. The van der Waals surface area contributed by atoms with Gasteiger partial charge in [-0.3, -0.25) is 14.3 Å². The van der Waals surface area contributed by atoms with Crippen LogP contribution in [0, 0.1) is 0 Å².